The first kappa shape index (κ1) is 19.2. The van der Waals surface area contributed by atoms with E-state index in [1.807, 2.05) is 0 Å². The van der Waals surface area contributed by atoms with Crippen LogP contribution in [0.1, 0.15) is 90.9 Å². The van der Waals surface area contributed by atoms with Crippen molar-refractivity contribution >= 4 is 0 Å². The minimum absolute atomic E-state index is 1.03. The van der Waals surface area contributed by atoms with Crippen LogP contribution in [0.15, 0.2) is 0 Å². The van der Waals surface area contributed by atoms with E-state index >= 15 is 0 Å². The molecular weight excluding hydrogens is 244 g/mol. The molecular formula is C18H36N2. The molecule has 2 N–H and O–H groups in total. The minimum Gasteiger partial charge on any atom is -0.344 e. The van der Waals surface area contributed by atoms with Gasteiger partial charge in [0.15, 0.2) is 0 Å². The fourth-order valence-corrected chi connectivity index (χ4v) is 2.20. The Morgan fingerprint density at radius 1 is 0.500 bits per heavy atom. The third-order valence-corrected chi connectivity index (χ3v) is 3.55. The summed E-state index contributed by atoms with van der Waals surface area (Å²) in [6.07, 6.45) is 16.1. The van der Waals surface area contributed by atoms with E-state index in [1.54, 1.807) is 0 Å². The topological polar surface area (TPSA) is 24.1 Å². The predicted octanol–water partition coefficient (Wildman–Crippen LogP) is 4.81. The monoisotopic (exact) mass is 280 g/mol. The molecule has 2 nitrogen and oxygen atoms in total. The van der Waals surface area contributed by atoms with Crippen molar-refractivity contribution in [2.45, 2.75) is 90.9 Å². The largest absolute Gasteiger partial charge is 0.344 e. The first-order chi connectivity index (χ1) is 9.91. The normalized spacial score (nSPS) is 9.90. The van der Waals surface area contributed by atoms with Gasteiger partial charge < -0.3 is 10.6 Å². The molecule has 0 saturated carbocycles. The molecule has 0 radical (unpaired) electrons. The lowest BCUT2D eigenvalue weighted by Gasteiger charge is -2.00. The van der Waals surface area contributed by atoms with Crippen molar-refractivity contribution < 1.29 is 0 Å². The van der Waals surface area contributed by atoms with Crippen LogP contribution in [0.2, 0.25) is 0 Å². The highest BCUT2D eigenvalue weighted by molar-refractivity contribution is 4.93. The van der Waals surface area contributed by atoms with Gasteiger partial charge in [0, 0.05) is 25.2 Å². The van der Waals surface area contributed by atoms with Gasteiger partial charge in [0.25, 0.3) is 0 Å². The molecule has 118 valence electrons. The van der Waals surface area contributed by atoms with Gasteiger partial charge in [-0.3, -0.25) is 0 Å². The molecule has 0 bridgehead atoms. The third kappa shape index (κ3) is 17.2. The number of unbranched alkanes of at least 4 members (excludes halogenated alkanes) is 10. The Bertz CT molecular complexity index is 205. The summed E-state index contributed by atoms with van der Waals surface area (Å²) >= 11 is 0. The van der Waals surface area contributed by atoms with Crippen LogP contribution in [0.4, 0.5) is 0 Å². The number of hydrogen-bond donors (Lipinski definition) is 2. The highest BCUT2D eigenvalue weighted by Crippen LogP contribution is 2.04. The molecule has 0 unspecified atom stereocenters. The average molecular weight is 280 g/mol. The molecule has 0 saturated heterocycles. The van der Waals surface area contributed by atoms with Crippen molar-refractivity contribution in [2.24, 2.45) is 0 Å². The first-order valence-corrected chi connectivity index (χ1v) is 8.87. The van der Waals surface area contributed by atoms with Gasteiger partial charge in [-0.1, -0.05) is 78.1 Å². The van der Waals surface area contributed by atoms with Crippen LogP contribution >= 0.6 is 0 Å². The molecule has 0 amide bonds. The van der Waals surface area contributed by atoms with E-state index in [2.05, 4.69) is 36.6 Å². The zero-order chi connectivity index (χ0) is 14.7. The van der Waals surface area contributed by atoms with Crippen LogP contribution in [0, 0.1) is 12.1 Å². The molecule has 0 fully saturated rings. The van der Waals surface area contributed by atoms with Gasteiger partial charge in [0.1, 0.15) is 0 Å². The molecule has 0 aromatic rings. The Hall–Kier alpha value is -0.840. The van der Waals surface area contributed by atoms with Crippen LogP contribution < -0.4 is 10.6 Å². The van der Waals surface area contributed by atoms with Crippen LogP contribution in [0.25, 0.3) is 0 Å². The summed E-state index contributed by atoms with van der Waals surface area (Å²) < 4.78 is 0. The van der Waals surface area contributed by atoms with E-state index in [4.69, 9.17) is 0 Å². The summed E-state index contributed by atoms with van der Waals surface area (Å²) in [4.78, 5) is 0. The molecule has 0 rings (SSSR count). The number of hydrogen-bond acceptors (Lipinski definition) is 2. The molecule has 0 atom stereocenters. The molecule has 0 aliphatic heterocycles. The molecule has 0 aromatic carbocycles. The second kappa shape index (κ2) is 18.2. The van der Waals surface area contributed by atoms with E-state index in [0.717, 1.165) is 13.1 Å². The van der Waals surface area contributed by atoms with Crippen LogP contribution in [-0.2, 0) is 0 Å². The Labute approximate surface area is 127 Å². The van der Waals surface area contributed by atoms with E-state index in [0.29, 0.717) is 0 Å². The maximum Gasteiger partial charge on any atom is 0.0276 e. The zero-order valence-electron chi connectivity index (χ0n) is 13.9. The van der Waals surface area contributed by atoms with Gasteiger partial charge in [-0.15, -0.1) is 0 Å². The summed E-state index contributed by atoms with van der Waals surface area (Å²) in [7, 11) is 0. The third-order valence-electron chi connectivity index (χ3n) is 3.55. The predicted molar refractivity (Wildman–Crippen MR) is 90.5 cm³/mol. The van der Waals surface area contributed by atoms with Crippen molar-refractivity contribution in [1.29, 1.82) is 0 Å². The SMILES string of the molecule is CCCCCCCCNC#CNCCCCCCCC. The summed E-state index contributed by atoms with van der Waals surface area (Å²) in [6, 6.07) is 5.98. The molecule has 0 heterocycles. The second-order valence-electron chi connectivity index (χ2n) is 5.64. The minimum atomic E-state index is 1.03. The highest BCUT2D eigenvalue weighted by atomic mass is 14.9. The molecule has 0 aromatic heterocycles. The number of nitrogens with one attached hydrogen (secondary N) is 2. The van der Waals surface area contributed by atoms with Gasteiger partial charge in [-0.2, -0.15) is 0 Å². The van der Waals surface area contributed by atoms with Crippen molar-refractivity contribution in [3.05, 3.63) is 0 Å². The summed E-state index contributed by atoms with van der Waals surface area (Å²) in [5.41, 5.74) is 0. The fraction of sp³-hybridized carbons (Fsp3) is 0.889. The van der Waals surface area contributed by atoms with E-state index in [-0.39, 0.29) is 0 Å². The summed E-state index contributed by atoms with van der Waals surface area (Å²) in [5.74, 6) is 0. The highest BCUT2D eigenvalue weighted by Gasteiger charge is 1.89. The molecule has 0 aliphatic carbocycles. The van der Waals surface area contributed by atoms with E-state index in [9.17, 15) is 0 Å². The van der Waals surface area contributed by atoms with Gasteiger partial charge in [-0.05, 0) is 12.8 Å². The summed E-state index contributed by atoms with van der Waals surface area (Å²) in [5, 5.41) is 6.34. The Kier molecular flexibility index (Phi) is 17.4. The lowest BCUT2D eigenvalue weighted by Crippen LogP contribution is -2.12. The first-order valence-electron chi connectivity index (χ1n) is 8.87. The van der Waals surface area contributed by atoms with Crippen LogP contribution in [0.3, 0.4) is 0 Å². The maximum absolute atomic E-state index is 3.17. The fourth-order valence-electron chi connectivity index (χ4n) is 2.20. The maximum atomic E-state index is 3.17. The number of rotatable bonds is 14. The van der Waals surface area contributed by atoms with Crippen molar-refractivity contribution in [2.75, 3.05) is 13.1 Å². The Morgan fingerprint density at radius 2 is 0.850 bits per heavy atom. The lowest BCUT2D eigenvalue weighted by atomic mass is 10.1. The van der Waals surface area contributed by atoms with Gasteiger partial charge in [0.2, 0.25) is 0 Å². The summed E-state index contributed by atoms with van der Waals surface area (Å²) in [6.45, 7) is 6.57. The molecule has 0 spiro atoms. The second-order valence-corrected chi connectivity index (χ2v) is 5.64. The zero-order valence-corrected chi connectivity index (χ0v) is 13.9. The average Bonchev–Trinajstić information content (AvgIpc) is 2.47. The lowest BCUT2D eigenvalue weighted by molar-refractivity contribution is 0.598. The quantitative estimate of drug-likeness (QED) is 0.271. The molecule has 0 aliphatic rings. The van der Waals surface area contributed by atoms with E-state index < -0.39 is 0 Å². The van der Waals surface area contributed by atoms with Crippen LogP contribution in [-0.4, -0.2) is 13.1 Å². The standard InChI is InChI=1S/C18H36N2/c1-3-5-7-9-11-13-15-19-17-18-20-16-14-12-10-8-6-4-2/h19-20H,3-16H2,1-2H3. The van der Waals surface area contributed by atoms with Gasteiger partial charge in [-0.25, -0.2) is 0 Å². The smallest absolute Gasteiger partial charge is 0.0276 e. The van der Waals surface area contributed by atoms with Gasteiger partial charge >= 0.3 is 0 Å². The van der Waals surface area contributed by atoms with Gasteiger partial charge in [0.05, 0.1) is 0 Å². The van der Waals surface area contributed by atoms with Crippen molar-refractivity contribution in [3.63, 3.8) is 0 Å². The van der Waals surface area contributed by atoms with Crippen LogP contribution in [0.5, 0.6) is 0 Å². The van der Waals surface area contributed by atoms with Crippen molar-refractivity contribution in [1.82, 2.24) is 10.6 Å². The molecule has 2 heteroatoms. The van der Waals surface area contributed by atoms with Crippen molar-refractivity contribution in [3.8, 4) is 12.1 Å². The Balaban J connectivity index is 3.06. The Morgan fingerprint density at radius 3 is 1.25 bits per heavy atom. The molecule has 20 heavy (non-hydrogen) atoms. The van der Waals surface area contributed by atoms with E-state index in [1.165, 1.54) is 77.0 Å².